The lowest BCUT2D eigenvalue weighted by atomic mass is 10.4. The lowest BCUT2D eigenvalue weighted by Crippen LogP contribution is -2.10. The summed E-state index contributed by atoms with van der Waals surface area (Å²) in [6.45, 7) is 1.69. The van der Waals surface area contributed by atoms with Crippen LogP contribution < -0.4 is 0 Å². The number of halogens is 3. The Bertz CT molecular complexity index is 601. The average molecular weight is 278 g/mol. The van der Waals surface area contributed by atoms with Crippen LogP contribution in [0.15, 0.2) is 17.2 Å². The molecule has 0 aromatic carbocycles. The zero-order chi connectivity index (χ0) is 13.5. The van der Waals surface area contributed by atoms with Crippen molar-refractivity contribution < 1.29 is 17.4 Å². The summed E-state index contributed by atoms with van der Waals surface area (Å²) in [7, 11) is -1.83. The Balaban J connectivity index is 2.63. The van der Waals surface area contributed by atoms with E-state index in [1.807, 2.05) is 5.10 Å². The van der Waals surface area contributed by atoms with Gasteiger partial charge in [0, 0.05) is 12.5 Å². The van der Waals surface area contributed by atoms with Gasteiger partial charge in [0.1, 0.15) is 4.90 Å². The zero-order valence-corrected chi connectivity index (χ0v) is 10.3. The molecule has 0 amide bonds. The fourth-order valence-electron chi connectivity index (χ4n) is 1.47. The molecule has 1 unspecified atom stereocenters. The van der Waals surface area contributed by atoms with E-state index in [9.17, 15) is 17.4 Å². The molecule has 2 heterocycles. The fraction of sp³-hybridized carbons (Fsp3) is 0.333. The second kappa shape index (κ2) is 4.23. The number of rotatable bonds is 2. The van der Waals surface area contributed by atoms with Crippen LogP contribution in [0.4, 0.5) is 13.2 Å². The van der Waals surface area contributed by atoms with E-state index in [2.05, 4.69) is 10.2 Å². The SMILES string of the molecule is Cc1ccn(-c2n[nH]c(C(F)(F)F)c2S(C)=O)n1. The van der Waals surface area contributed by atoms with Gasteiger partial charge in [0.15, 0.2) is 11.5 Å². The normalized spacial score (nSPS) is 13.8. The van der Waals surface area contributed by atoms with Crippen molar-refractivity contribution in [2.24, 2.45) is 0 Å². The summed E-state index contributed by atoms with van der Waals surface area (Å²) >= 11 is 0. The molecule has 98 valence electrons. The molecule has 1 N–H and O–H groups in total. The maximum atomic E-state index is 12.7. The molecule has 2 aromatic heterocycles. The van der Waals surface area contributed by atoms with Gasteiger partial charge in [0.2, 0.25) is 0 Å². The fourth-order valence-corrected chi connectivity index (χ4v) is 2.32. The van der Waals surface area contributed by atoms with E-state index in [0.29, 0.717) is 5.69 Å². The van der Waals surface area contributed by atoms with E-state index in [-0.39, 0.29) is 5.82 Å². The summed E-state index contributed by atoms with van der Waals surface area (Å²) in [4.78, 5) is -0.398. The van der Waals surface area contributed by atoms with Gasteiger partial charge in [0.05, 0.1) is 16.5 Å². The third-order valence-electron chi connectivity index (χ3n) is 2.21. The lowest BCUT2D eigenvalue weighted by Gasteiger charge is -2.05. The van der Waals surface area contributed by atoms with E-state index in [1.165, 1.54) is 12.5 Å². The number of alkyl halides is 3. The van der Waals surface area contributed by atoms with E-state index in [4.69, 9.17) is 0 Å². The van der Waals surface area contributed by atoms with Crippen molar-refractivity contribution >= 4 is 10.8 Å². The van der Waals surface area contributed by atoms with Crippen LogP contribution in [0.25, 0.3) is 5.82 Å². The average Bonchev–Trinajstić information content (AvgIpc) is 2.80. The van der Waals surface area contributed by atoms with Crippen LogP contribution in [0, 0.1) is 6.92 Å². The van der Waals surface area contributed by atoms with E-state index in [0.717, 1.165) is 4.68 Å². The minimum atomic E-state index is -4.63. The Hall–Kier alpha value is -1.64. The van der Waals surface area contributed by atoms with Crippen LogP contribution in [-0.2, 0) is 17.0 Å². The molecule has 2 aromatic rings. The highest BCUT2D eigenvalue weighted by Gasteiger charge is 2.39. The largest absolute Gasteiger partial charge is 0.434 e. The van der Waals surface area contributed by atoms with Gasteiger partial charge >= 0.3 is 6.18 Å². The first-order valence-electron chi connectivity index (χ1n) is 4.82. The molecule has 0 saturated carbocycles. The highest BCUT2D eigenvalue weighted by Crippen LogP contribution is 2.34. The number of nitrogens with zero attached hydrogens (tertiary/aromatic N) is 3. The van der Waals surface area contributed by atoms with Gasteiger partial charge in [-0.15, -0.1) is 0 Å². The van der Waals surface area contributed by atoms with Gasteiger partial charge < -0.3 is 0 Å². The van der Waals surface area contributed by atoms with E-state index < -0.39 is 27.6 Å². The summed E-state index contributed by atoms with van der Waals surface area (Å²) in [5, 5.41) is 9.38. The van der Waals surface area contributed by atoms with Crippen molar-refractivity contribution in [1.82, 2.24) is 20.0 Å². The van der Waals surface area contributed by atoms with Crippen molar-refractivity contribution in [3.63, 3.8) is 0 Å². The first-order chi connectivity index (χ1) is 8.30. The van der Waals surface area contributed by atoms with E-state index in [1.54, 1.807) is 13.0 Å². The molecule has 5 nitrogen and oxygen atoms in total. The molecule has 0 aliphatic carbocycles. The summed E-state index contributed by atoms with van der Waals surface area (Å²) < 4.78 is 50.8. The standard InChI is InChI=1S/C9H9F3N4OS/c1-5-3-4-16(15-5)8-6(18(2)17)7(13-14-8)9(10,11)12/h3-4H,1-2H3,(H,13,14). The molecule has 18 heavy (non-hydrogen) atoms. The highest BCUT2D eigenvalue weighted by atomic mass is 32.2. The second-order valence-electron chi connectivity index (χ2n) is 3.60. The Kier molecular flexibility index (Phi) is 3.01. The zero-order valence-electron chi connectivity index (χ0n) is 9.45. The minimum absolute atomic E-state index is 0.101. The van der Waals surface area contributed by atoms with E-state index >= 15 is 0 Å². The summed E-state index contributed by atoms with van der Waals surface area (Å²) in [6, 6.07) is 1.62. The van der Waals surface area contributed by atoms with Crippen molar-refractivity contribution in [1.29, 1.82) is 0 Å². The maximum absolute atomic E-state index is 12.7. The van der Waals surface area contributed by atoms with Crippen molar-refractivity contribution in [3.05, 3.63) is 23.7 Å². The molecule has 9 heteroatoms. The van der Waals surface area contributed by atoms with Crippen LogP contribution in [0.1, 0.15) is 11.4 Å². The number of nitrogens with one attached hydrogen (secondary N) is 1. The van der Waals surface area contributed by atoms with Crippen molar-refractivity contribution in [3.8, 4) is 5.82 Å². The molecule has 2 rings (SSSR count). The number of aryl methyl sites for hydroxylation is 1. The van der Waals surface area contributed by atoms with Crippen LogP contribution >= 0.6 is 0 Å². The van der Waals surface area contributed by atoms with Crippen LogP contribution in [0.3, 0.4) is 0 Å². The number of aromatic amines is 1. The monoisotopic (exact) mass is 278 g/mol. The number of H-pyrrole nitrogens is 1. The summed E-state index contributed by atoms with van der Waals surface area (Å²) in [5.41, 5.74) is -0.481. The third-order valence-corrected chi connectivity index (χ3v) is 3.18. The van der Waals surface area contributed by atoms with Crippen LogP contribution in [0.5, 0.6) is 0 Å². The number of hydrogen-bond donors (Lipinski definition) is 1. The van der Waals surface area contributed by atoms with Gasteiger partial charge in [-0.2, -0.15) is 23.4 Å². The third kappa shape index (κ3) is 2.17. The van der Waals surface area contributed by atoms with Gasteiger partial charge in [0.25, 0.3) is 0 Å². The van der Waals surface area contributed by atoms with Crippen LogP contribution in [-0.4, -0.2) is 30.4 Å². The predicted octanol–water partition coefficient (Wildman–Crippen LogP) is 1.66. The van der Waals surface area contributed by atoms with Crippen LogP contribution in [0.2, 0.25) is 0 Å². The predicted molar refractivity (Wildman–Crippen MR) is 57.8 cm³/mol. The number of aromatic nitrogens is 4. The molecule has 0 aliphatic rings. The first-order valence-corrected chi connectivity index (χ1v) is 6.38. The quantitative estimate of drug-likeness (QED) is 0.908. The summed E-state index contributed by atoms with van der Waals surface area (Å²) in [5.74, 6) is -0.101. The second-order valence-corrected chi connectivity index (χ2v) is 4.92. The van der Waals surface area contributed by atoms with Crippen molar-refractivity contribution in [2.45, 2.75) is 18.0 Å². The lowest BCUT2D eigenvalue weighted by molar-refractivity contribution is -0.143. The molecule has 0 radical (unpaired) electrons. The highest BCUT2D eigenvalue weighted by molar-refractivity contribution is 7.84. The van der Waals surface area contributed by atoms with Crippen molar-refractivity contribution in [2.75, 3.05) is 6.26 Å². The topological polar surface area (TPSA) is 63.6 Å². The molecular formula is C9H9F3N4OS. The smallest absolute Gasteiger partial charge is 0.270 e. The molecule has 0 spiro atoms. The first kappa shape index (κ1) is 12.8. The summed E-state index contributed by atoms with van der Waals surface area (Å²) in [6.07, 6.45) is -2.00. The number of hydrogen-bond acceptors (Lipinski definition) is 3. The Morgan fingerprint density at radius 3 is 2.56 bits per heavy atom. The molecule has 0 bridgehead atoms. The van der Waals surface area contributed by atoms with Gasteiger partial charge in [-0.3, -0.25) is 9.31 Å². The maximum Gasteiger partial charge on any atom is 0.434 e. The Labute approximate surface area is 102 Å². The molecule has 0 saturated heterocycles. The molecule has 0 fully saturated rings. The Morgan fingerprint density at radius 2 is 2.11 bits per heavy atom. The van der Waals surface area contributed by atoms with Gasteiger partial charge in [-0.1, -0.05) is 0 Å². The van der Waals surface area contributed by atoms with Gasteiger partial charge in [-0.25, -0.2) is 4.68 Å². The van der Waals surface area contributed by atoms with Gasteiger partial charge in [-0.05, 0) is 13.0 Å². The molecular weight excluding hydrogens is 269 g/mol. The minimum Gasteiger partial charge on any atom is -0.270 e. The molecule has 1 atom stereocenters. The Morgan fingerprint density at radius 1 is 1.44 bits per heavy atom. The molecule has 0 aliphatic heterocycles.